The predicted molar refractivity (Wildman–Crippen MR) is 40.0 cm³/mol. The summed E-state index contributed by atoms with van der Waals surface area (Å²) >= 11 is 0. The topological polar surface area (TPSA) is 36.4 Å². The molecule has 2 N–H and O–H groups in total. The standard InChI is InChI=1S/C6H11N3/c1-4-8-6(2)5-9-7-3/h4-5,7-8H,1-2H2,3H3/b9-5-. The first-order chi connectivity index (χ1) is 4.31. The van der Waals surface area contributed by atoms with Crippen molar-refractivity contribution in [1.82, 2.24) is 10.7 Å². The Bertz CT molecular complexity index is 126. The summed E-state index contributed by atoms with van der Waals surface area (Å²) < 4.78 is 0. The molecule has 3 heteroatoms. The summed E-state index contributed by atoms with van der Waals surface area (Å²) in [6, 6.07) is 0. The smallest absolute Gasteiger partial charge is 0.0696 e. The monoisotopic (exact) mass is 125 g/mol. The summed E-state index contributed by atoms with van der Waals surface area (Å²) in [5.74, 6) is 0. The second-order valence-corrected chi connectivity index (χ2v) is 1.36. The highest BCUT2D eigenvalue weighted by atomic mass is 15.3. The Morgan fingerprint density at radius 3 is 2.78 bits per heavy atom. The molecule has 0 atom stereocenters. The Balaban J connectivity index is 3.49. The Morgan fingerprint density at radius 1 is 1.67 bits per heavy atom. The molecule has 0 fully saturated rings. The van der Waals surface area contributed by atoms with E-state index in [4.69, 9.17) is 0 Å². The molecular formula is C6H11N3. The van der Waals surface area contributed by atoms with Crippen LogP contribution in [0.2, 0.25) is 0 Å². The number of rotatable bonds is 4. The van der Waals surface area contributed by atoms with Crippen molar-refractivity contribution in [1.29, 1.82) is 0 Å². The van der Waals surface area contributed by atoms with Crippen LogP contribution in [0, 0.1) is 0 Å². The number of nitrogens with one attached hydrogen (secondary N) is 2. The zero-order valence-electron chi connectivity index (χ0n) is 5.52. The summed E-state index contributed by atoms with van der Waals surface area (Å²) in [4.78, 5) is 0. The van der Waals surface area contributed by atoms with Crippen molar-refractivity contribution in [3.05, 3.63) is 25.1 Å². The van der Waals surface area contributed by atoms with Gasteiger partial charge in [-0.15, -0.1) is 0 Å². The van der Waals surface area contributed by atoms with E-state index < -0.39 is 0 Å². The average Bonchev–Trinajstić information content (AvgIpc) is 1.85. The number of hydrogen-bond acceptors (Lipinski definition) is 3. The Labute approximate surface area is 55.1 Å². The first kappa shape index (κ1) is 7.75. The molecule has 0 rings (SSSR count). The van der Waals surface area contributed by atoms with E-state index in [1.807, 2.05) is 0 Å². The summed E-state index contributed by atoms with van der Waals surface area (Å²) in [5, 5.41) is 6.47. The summed E-state index contributed by atoms with van der Waals surface area (Å²) in [6.07, 6.45) is 3.12. The average molecular weight is 125 g/mol. The molecule has 0 heterocycles. The van der Waals surface area contributed by atoms with Gasteiger partial charge in [0.1, 0.15) is 0 Å². The maximum absolute atomic E-state index is 3.71. The molecule has 0 aromatic rings. The molecule has 0 spiro atoms. The molecule has 0 aliphatic carbocycles. The lowest BCUT2D eigenvalue weighted by atomic mass is 10.5. The Morgan fingerprint density at radius 2 is 2.33 bits per heavy atom. The first-order valence-electron chi connectivity index (χ1n) is 2.57. The molecule has 0 unspecified atom stereocenters. The molecule has 0 bridgehead atoms. The lowest BCUT2D eigenvalue weighted by Crippen LogP contribution is -2.05. The Kier molecular flexibility index (Phi) is 4.22. The minimum absolute atomic E-state index is 0.708. The molecule has 0 aliphatic heterocycles. The van der Waals surface area contributed by atoms with Gasteiger partial charge >= 0.3 is 0 Å². The van der Waals surface area contributed by atoms with Crippen molar-refractivity contribution >= 4 is 6.21 Å². The van der Waals surface area contributed by atoms with Crippen molar-refractivity contribution < 1.29 is 0 Å². The quantitative estimate of drug-likeness (QED) is 0.422. The number of allylic oxidation sites excluding steroid dienone is 1. The molecule has 0 saturated carbocycles. The van der Waals surface area contributed by atoms with E-state index in [9.17, 15) is 0 Å². The van der Waals surface area contributed by atoms with Crippen molar-refractivity contribution in [2.75, 3.05) is 7.05 Å². The van der Waals surface area contributed by atoms with Crippen LogP contribution >= 0.6 is 0 Å². The van der Waals surface area contributed by atoms with Gasteiger partial charge in [0, 0.05) is 7.05 Å². The molecule has 3 nitrogen and oxygen atoms in total. The maximum atomic E-state index is 3.71. The summed E-state index contributed by atoms with van der Waals surface area (Å²) in [6.45, 7) is 7.06. The van der Waals surface area contributed by atoms with E-state index in [2.05, 4.69) is 29.0 Å². The normalized spacial score (nSPS) is 9.00. The highest BCUT2D eigenvalue weighted by Crippen LogP contribution is 1.74. The number of hydrogen-bond donors (Lipinski definition) is 2. The van der Waals surface area contributed by atoms with Crippen LogP contribution < -0.4 is 10.7 Å². The number of nitrogens with zero attached hydrogens (tertiary/aromatic N) is 1. The van der Waals surface area contributed by atoms with Crippen LogP contribution in [-0.4, -0.2) is 13.3 Å². The Hall–Kier alpha value is -1.25. The van der Waals surface area contributed by atoms with Crippen LogP contribution in [-0.2, 0) is 0 Å². The van der Waals surface area contributed by atoms with E-state index in [-0.39, 0.29) is 0 Å². The van der Waals surface area contributed by atoms with Crippen LogP contribution in [0.15, 0.2) is 30.2 Å². The van der Waals surface area contributed by atoms with Gasteiger partial charge in [0.05, 0.1) is 11.9 Å². The second-order valence-electron chi connectivity index (χ2n) is 1.36. The minimum Gasteiger partial charge on any atom is -0.361 e. The van der Waals surface area contributed by atoms with Gasteiger partial charge < -0.3 is 10.7 Å². The molecule has 0 aliphatic rings. The van der Waals surface area contributed by atoms with Gasteiger partial charge in [-0.2, -0.15) is 5.10 Å². The van der Waals surface area contributed by atoms with Crippen LogP contribution in [0.25, 0.3) is 0 Å². The molecule has 9 heavy (non-hydrogen) atoms. The fourth-order valence-corrected chi connectivity index (χ4v) is 0.311. The highest BCUT2D eigenvalue weighted by molar-refractivity contribution is 5.76. The summed E-state index contributed by atoms with van der Waals surface area (Å²) in [7, 11) is 1.72. The van der Waals surface area contributed by atoms with Crippen LogP contribution in [0.3, 0.4) is 0 Å². The van der Waals surface area contributed by atoms with Crippen LogP contribution in [0.4, 0.5) is 0 Å². The SMILES string of the molecule is C=CNC(=C)/C=N\NC. The van der Waals surface area contributed by atoms with Crippen molar-refractivity contribution in [2.24, 2.45) is 5.10 Å². The third-order valence-electron chi connectivity index (χ3n) is 0.637. The van der Waals surface area contributed by atoms with E-state index >= 15 is 0 Å². The molecule has 0 saturated heterocycles. The fourth-order valence-electron chi connectivity index (χ4n) is 0.311. The lowest BCUT2D eigenvalue weighted by Gasteiger charge is -1.94. The zero-order chi connectivity index (χ0) is 7.11. The first-order valence-corrected chi connectivity index (χ1v) is 2.57. The molecule has 0 amide bonds. The van der Waals surface area contributed by atoms with E-state index in [1.165, 1.54) is 0 Å². The van der Waals surface area contributed by atoms with Crippen molar-refractivity contribution in [2.45, 2.75) is 0 Å². The van der Waals surface area contributed by atoms with Gasteiger partial charge in [-0.25, -0.2) is 0 Å². The number of hydrazone groups is 1. The summed E-state index contributed by atoms with van der Waals surface area (Å²) in [5.41, 5.74) is 3.30. The van der Waals surface area contributed by atoms with Crippen LogP contribution in [0.5, 0.6) is 0 Å². The van der Waals surface area contributed by atoms with Gasteiger partial charge in [-0.3, -0.25) is 0 Å². The molecule has 50 valence electrons. The third-order valence-corrected chi connectivity index (χ3v) is 0.637. The lowest BCUT2D eigenvalue weighted by molar-refractivity contribution is 0.904. The maximum Gasteiger partial charge on any atom is 0.0696 e. The largest absolute Gasteiger partial charge is 0.361 e. The van der Waals surface area contributed by atoms with Gasteiger partial charge in [0.25, 0.3) is 0 Å². The van der Waals surface area contributed by atoms with Gasteiger partial charge in [0.15, 0.2) is 0 Å². The van der Waals surface area contributed by atoms with Gasteiger partial charge in [-0.05, 0) is 6.20 Å². The molecular weight excluding hydrogens is 114 g/mol. The second kappa shape index (κ2) is 4.90. The van der Waals surface area contributed by atoms with Gasteiger partial charge in [0.2, 0.25) is 0 Å². The van der Waals surface area contributed by atoms with Crippen molar-refractivity contribution in [3.63, 3.8) is 0 Å². The highest BCUT2D eigenvalue weighted by Gasteiger charge is 1.77. The van der Waals surface area contributed by atoms with E-state index in [0.29, 0.717) is 5.70 Å². The molecule has 0 aromatic carbocycles. The van der Waals surface area contributed by atoms with Gasteiger partial charge in [-0.1, -0.05) is 13.2 Å². The van der Waals surface area contributed by atoms with Crippen molar-refractivity contribution in [3.8, 4) is 0 Å². The zero-order valence-corrected chi connectivity index (χ0v) is 5.52. The van der Waals surface area contributed by atoms with E-state index in [1.54, 1.807) is 19.5 Å². The molecule has 0 radical (unpaired) electrons. The van der Waals surface area contributed by atoms with Crippen LogP contribution in [0.1, 0.15) is 0 Å². The fraction of sp³-hybridized carbons (Fsp3) is 0.167. The minimum atomic E-state index is 0.708. The molecule has 0 aromatic heterocycles. The predicted octanol–water partition coefficient (Wildman–Crippen LogP) is 0.438. The van der Waals surface area contributed by atoms with E-state index in [0.717, 1.165) is 0 Å². The third kappa shape index (κ3) is 4.61.